The van der Waals surface area contributed by atoms with E-state index in [-0.39, 0.29) is 40.7 Å². The van der Waals surface area contributed by atoms with Gasteiger partial charge in [0.05, 0.1) is 22.8 Å². The maximum atomic E-state index is 12.0. The van der Waals surface area contributed by atoms with Crippen LogP contribution in [-0.4, -0.2) is 17.5 Å². The molecule has 0 amide bonds. The van der Waals surface area contributed by atoms with Crippen molar-refractivity contribution in [1.82, 2.24) is 0 Å². The molecule has 0 fully saturated rings. The fourth-order valence-corrected chi connectivity index (χ4v) is 2.51. The Morgan fingerprint density at radius 3 is 2.12 bits per heavy atom. The summed E-state index contributed by atoms with van der Waals surface area (Å²) in [7, 11) is 0. The van der Waals surface area contributed by atoms with Crippen LogP contribution in [0, 0.1) is 0 Å². The fraction of sp³-hybridized carbons (Fsp3) is 0.250. The van der Waals surface area contributed by atoms with E-state index in [4.69, 9.17) is 43.9 Å². The number of nitrogen functional groups attached to an aromatic ring is 3. The molecule has 1 atom stereocenters. The van der Waals surface area contributed by atoms with E-state index in [0.29, 0.717) is 5.69 Å². The monoisotopic (exact) mass is 362 g/mol. The van der Waals surface area contributed by atoms with Crippen LogP contribution >= 0.6 is 0 Å². The van der Waals surface area contributed by atoms with Gasteiger partial charge in [0.15, 0.2) is 11.5 Å². The highest BCUT2D eigenvalue weighted by atomic mass is 16.6. The predicted molar refractivity (Wildman–Crippen MR) is 96.7 cm³/mol. The summed E-state index contributed by atoms with van der Waals surface area (Å²) in [5, 5.41) is 0. The molecule has 0 bridgehead atoms. The van der Waals surface area contributed by atoms with E-state index in [9.17, 15) is 9.59 Å². The summed E-state index contributed by atoms with van der Waals surface area (Å²) in [6, 6.07) is 2.75. The lowest BCUT2D eigenvalue weighted by Gasteiger charge is -2.27. The molecule has 10 heteroatoms. The highest BCUT2D eigenvalue weighted by molar-refractivity contribution is 5.94. The number of hydrogen-bond acceptors (Lipinski definition) is 10. The van der Waals surface area contributed by atoms with Crippen molar-refractivity contribution in [3.8, 4) is 5.75 Å². The fourth-order valence-electron chi connectivity index (χ4n) is 2.51. The van der Waals surface area contributed by atoms with E-state index >= 15 is 0 Å². The highest BCUT2D eigenvalue weighted by Crippen LogP contribution is 2.32. The average molecular weight is 362 g/mol. The minimum absolute atomic E-state index is 0.0164. The van der Waals surface area contributed by atoms with Gasteiger partial charge >= 0.3 is 11.9 Å². The molecular weight excluding hydrogens is 340 g/mol. The molecule has 26 heavy (non-hydrogen) atoms. The van der Waals surface area contributed by atoms with Crippen LogP contribution in [0.5, 0.6) is 5.75 Å². The van der Waals surface area contributed by atoms with Gasteiger partial charge in [0, 0.05) is 17.6 Å². The van der Waals surface area contributed by atoms with E-state index in [1.54, 1.807) is 6.92 Å². The van der Waals surface area contributed by atoms with Gasteiger partial charge in [-0.15, -0.1) is 0 Å². The molecule has 2 rings (SSSR count). The molecule has 10 nitrogen and oxygen atoms in total. The number of hydrogen-bond donors (Lipinski definition) is 6. The van der Waals surface area contributed by atoms with Crippen LogP contribution in [0.4, 0.5) is 17.1 Å². The third-order valence-electron chi connectivity index (χ3n) is 3.50. The molecule has 1 aromatic rings. The first-order valence-corrected chi connectivity index (χ1v) is 7.60. The summed E-state index contributed by atoms with van der Waals surface area (Å²) in [6.07, 6.45) is 1.08. The van der Waals surface area contributed by atoms with Gasteiger partial charge in [-0.1, -0.05) is 0 Å². The second kappa shape index (κ2) is 6.84. The topological polar surface area (TPSA) is 209 Å². The zero-order valence-corrected chi connectivity index (χ0v) is 14.2. The molecular formula is C16H22N6O4. The molecule has 1 aliphatic carbocycles. The Morgan fingerprint density at radius 2 is 1.58 bits per heavy atom. The Labute approximate surface area is 149 Å². The van der Waals surface area contributed by atoms with Gasteiger partial charge in [-0.05, 0) is 25.1 Å². The zero-order valence-electron chi connectivity index (χ0n) is 14.2. The first-order chi connectivity index (χ1) is 12.0. The minimum Gasteiger partial charge on any atom is -0.422 e. The van der Waals surface area contributed by atoms with Crippen LogP contribution in [0.1, 0.15) is 19.8 Å². The van der Waals surface area contributed by atoms with Crippen molar-refractivity contribution in [2.45, 2.75) is 25.3 Å². The Balaban J connectivity index is 2.03. The largest absolute Gasteiger partial charge is 0.422 e. The summed E-state index contributed by atoms with van der Waals surface area (Å²) in [5.41, 5.74) is 34.6. The van der Waals surface area contributed by atoms with Crippen LogP contribution in [0.2, 0.25) is 0 Å². The molecule has 0 aliphatic heterocycles. The van der Waals surface area contributed by atoms with Crippen LogP contribution in [0.15, 0.2) is 35.4 Å². The van der Waals surface area contributed by atoms with Crippen molar-refractivity contribution in [3.05, 3.63) is 35.4 Å². The molecule has 0 heterocycles. The van der Waals surface area contributed by atoms with Crippen LogP contribution in [-0.2, 0) is 14.3 Å². The maximum Gasteiger partial charge on any atom is 0.322 e. The van der Waals surface area contributed by atoms with E-state index in [0.717, 1.165) is 0 Å². The van der Waals surface area contributed by atoms with Crippen molar-refractivity contribution < 1.29 is 19.1 Å². The number of rotatable bonds is 4. The number of ether oxygens (including phenoxy) is 2. The number of carbonyl (C=O) groups is 2. The lowest BCUT2D eigenvalue weighted by molar-refractivity contribution is -0.147. The lowest BCUT2D eigenvalue weighted by Crippen LogP contribution is -2.40. The van der Waals surface area contributed by atoms with Crippen molar-refractivity contribution >= 4 is 29.0 Å². The molecule has 0 spiro atoms. The predicted octanol–water partition coefficient (Wildman–Crippen LogP) is -0.594. The van der Waals surface area contributed by atoms with Gasteiger partial charge in [-0.25, -0.2) is 0 Å². The Hall–Kier alpha value is -3.40. The maximum absolute atomic E-state index is 12.0. The van der Waals surface area contributed by atoms with Crippen LogP contribution in [0.25, 0.3) is 0 Å². The average Bonchev–Trinajstić information content (AvgIpc) is 2.45. The lowest BCUT2D eigenvalue weighted by atomic mass is 9.90. The van der Waals surface area contributed by atoms with Crippen molar-refractivity contribution in [2.75, 3.05) is 17.2 Å². The highest BCUT2D eigenvalue weighted by Gasteiger charge is 2.28. The van der Waals surface area contributed by atoms with Crippen molar-refractivity contribution in [1.29, 1.82) is 0 Å². The van der Waals surface area contributed by atoms with Crippen molar-refractivity contribution in [2.24, 2.45) is 17.2 Å². The summed E-state index contributed by atoms with van der Waals surface area (Å²) in [4.78, 5) is 23.9. The number of benzene rings is 1. The van der Waals surface area contributed by atoms with E-state index in [1.165, 1.54) is 18.2 Å². The molecule has 0 saturated carbocycles. The Morgan fingerprint density at radius 1 is 1.04 bits per heavy atom. The Kier molecular flexibility index (Phi) is 4.98. The third-order valence-corrected chi connectivity index (χ3v) is 3.50. The molecule has 140 valence electrons. The van der Waals surface area contributed by atoms with Gasteiger partial charge in [0.25, 0.3) is 0 Å². The molecule has 1 aliphatic rings. The van der Waals surface area contributed by atoms with Gasteiger partial charge in [0.1, 0.15) is 6.42 Å². The van der Waals surface area contributed by atoms with E-state index in [2.05, 4.69) is 0 Å². The number of carbonyl (C=O) groups excluding carboxylic acids is 2. The third kappa shape index (κ3) is 4.36. The van der Waals surface area contributed by atoms with Gasteiger partial charge in [-0.2, -0.15) is 0 Å². The number of esters is 2. The normalized spacial score (nSPS) is 19.7. The molecule has 0 saturated heterocycles. The summed E-state index contributed by atoms with van der Waals surface area (Å²) >= 11 is 0. The van der Waals surface area contributed by atoms with E-state index < -0.39 is 23.9 Å². The standard InChI is InChI=1S/C16H22N6O4/c1-16(22)5-10(20)15(11(21)6-16)26-13(24)4-12(23)25-14-8(18)2-7(17)3-9(14)19/h2-3,5H,4,6,17-22H2,1H3. The molecule has 1 aromatic carbocycles. The molecule has 1 unspecified atom stereocenters. The number of anilines is 3. The van der Waals surface area contributed by atoms with Gasteiger partial charge in [0.2, 0.25) is 0 Å². The molecule has 0 aromatic heterocycles. The first kappa shape index (κ1) is 18.9. The minimum atomic E-state index is -0.917. The van der Waals surface area contributed by atoms with Crippen molar-refractivity contribution in [3.63, 3.8) is 0 Å². The molecule has 12 N–H and O–H groups in total. The second-order valence-electron chi connectivity index (χ2n) is 6.29. The quantitative estimate of drug-likeness (QED) is 0.173. The number of nitrogens with two attached hydrogens (primary N) is 6. The summed E-state index contributed by atoms with van der Waals surface area (Å²) < 4.78 is 10.1. The Bertz CT molecular complexity index is 805. The van der Waals surface area contributed by atoms with Crippen LogP contribution in [0.3, 0.4) is 0 Å². The summed E-state index contributed by atoms with van der Waals surface area (Å²) in [5.74, 6) is -1.92. The first-order valence-electron chi connectivity index (χ1n) is 7.60. The van der Waals surface area contributed by atoms with Gasteiger partial charge in [-0.3, -0.25) is 9.59 Å². The molecule has 0 radical (unpaired) electrons. The SMILES string of the molecule is CC1(N)C=C(N)C(OC(=O)CC(=O)Oc2c(N)cc(N)cc2N)=C(N)C1. The second-order valence-corrected chi connectivity index (χ2v) is 6.29. The van der Waals surface area contributed by atoms with Gasteiger partial charge < -0.3 is 43.9 Å². The van der Waals surface area contributed by atoms with E-state index in [1.807, 2.05) is 0 Å². The zero-order chi connectivity index (χ0) is 19.6. The van der Waals surface area contributed by atoms with Crippen LogP contribution < -0.4 is 39.1 Å². The smallest absolute Gasteiger partial charge is 0.322 e. The summed E-state index contributed by atoms with van der Waals surface area (Å²) in [6.45, 7) is 1.73.